The van der Waals surface area contributed by atoms with E-state index in [2.05, 4.69) is 4.98 Å². The Bertz CT molecular complexity index is 600. The molecule has 2 rings (SSSR count). The second kappa shape index (κ2) is 5.26. The summed E-state index contributed by atoms with van der Waals surface area (Å²) in [4.78, 5) is 27.7. The maximum Gasteiger partial charge on any atom is 0.232 e. The summed E-state index contributed by atoms with van der Waals surface area (Å²) in [5, 5.41) is 0. The normalized spacial score (nSPS) is 19.7. The molecule has 1 fully saturated rings. The molecular formula is C11H11ClN2O4S. The number of anilines is 1. The average molecular weight is 303 g/mol. The molecule has 1 aromatic heterocycles. The van der Waals surface area contributed by atoms with Crippen molar-refractivity contribution in [1.82, 2.24) is 4.98 Å². The van der Waals surface area contributed by atoms with Crippen LogP contribution in [0.4, 0.5) is 5.82 Å². The number of pyridine rings is 1. The SMILES string of the molecule is O=Cc1ccc(N2CC(CS(=O)(=O)Cl)CC2=O)nc1. The summed E-state index contributed by atoms with van der Waals surface area (Å²) in [6.07, 6.45) is 2.15. The van der Waals surface area contributed by atoms with Crippen LogP contribution in [0.1, 0.15) is 16.8 Å². The van der Waals surface area contributed by atoms with Crippen LogP contribution in [-0.4, -0.2) is 37.9 Å². The first kappa shape index (κ1) is 14.0. The molecule has 19 heavy (non-hydrogen) atoms. The number of carbonyl (C=O) groups is 2. The minimum absolute atomic E-state index is 0.128. The van der Waals surface area contributed by atoms with E-state index in [0.29, 0.717) is 17.7 Å². The van der Waals surface area contributed by atoms with Crippen molar-refractivity contribution in [2.45, 2.75) is 6.42 Å². The lowest BCUT2D eigenvalue weighted by molar-refractivity contribution is -0.117. The number of nitrogens with zero attached hydrogens (tertiary/aromatic N) is 2. The van der Waals surface area contributed by atoms with E-state index in [1.807, 2.05) is 0 Å². The van der Waals surface area contributed by atoms with Crippen LogP contribution in [0, 0.1) is 5.92 Å². The summed E-state index contributed by atoms with van der Waals surface area (Å²) in [6.45, 7) is 0.262. The number of rotatable bonds is 4. The molecule has 1 aromatic rings. The predicted octanol–water partition coefficient (Wildman–Crippen LogP) is 0.816. The van der Waals surface area contributed by atoms with Crippen molar-refractivity contribution in [3.8, 4) is 0 Å². The summed E-state index contributed by atoms with van der Waals surface area (Å²) in [7, 11) is 1.56. The predicted molar refractivity (Wildman–Crippen MR) is 69.7 cm³/mol. The van der Waals surface area contributed by atoms with Gasteiger partial charge in [-0.2, -0.15) is 0 Å². The third-order valence-electron chi connectivity index (χ3n) is 2.82. The Balaban J connectivity index is 2.13. The van der Waals surface area contributed by atoms with Crippen LogP contribution in [0.3, 0.4) is 0 Å². The Morgan fingerprint density at radius 3 is 2.74 bits per heavy atom. The van der Waals surface area contributed by atoms with Crippen LogP contribution < -0.4 is 4.90 Å². The Hall–Kier alpha value is -1.47. The lowest BCUT2D eigenvalue weighted by Crippen LogP contribution is -2.26. The molecule has 1 atom stereocenters. The topological polar surface area (TPSA) is 84.4 Å². The van der Waals surface area contributed by atoms with Crippen molar-refractivity contribution in [1.29, 1.82) is 0 Å². The highest BCUT2D eigenvalue weighted by molar-refractivity contribution is 8.13. The number of carbonyl (C=O) groups excluding carboxylic acids is 2. The molecular weight excluding hydrogens is 292 g/mol. The van der Waals surface area contributed by atoms with Gasteiger partial charge in [0, 0.05) is 41.3 Å². The molecule has 1 aliphatic rings. The Morgan fingerprint density at radius 1 is 1.47 bits per heavy atom. The van der Waals surface area contributed by atoms with Gasteiger partial charge in [0.25, 0.3) is 0 Å². The zero-order valence-electron chi connectivity index (χ0n) is 9.82. The van der Waals surface area contributed by atoms with Gasteiger partial charge in [-0.3, -0.25) is 14.5 Å². The van der Waals surface area contributed by atoms with E-state index in [1.54, 1.807) is 12.1 Å². The van der Waals surface area contributed by atoms with E-state index in [9.17, 15) is 18.0 Å². The highest BCUT2D eigenvalue weighted by Gasteiger charge is 2.33. The molecule has 1 unspecified atom stereocenters. The third kappa shape index (κ3) is 3.51. The molecule has 0 aromatic carbocycles. The molecule has 2 heterocycles. The van der Waals surface area contributed by atoms with Crippen LogP contribution in [0.5, 0.6) is 0 Å². The van der Waals surface area contributed by atoms with Crippen molar-refractivity contribution in [2.24, 2.45) is 5.92 Å². The van der Waals surface area contributed by atoms with Crippen molar-refractivity contribution in [3.63, 3.8) is 0 Å². The lowest BCUT2D eigenvalue weighted by Gasteiger charge is -2.15. The van der Waals surface area contributed by atoms with Gasteiger partial charge in [-0.1, -0.05) is 0 Å². The monoisotopic (exact) mass is 302 g/mol. The molecule has 102 valence electrons. The number of amides is 1. The lowest BCUT2D eigenvalue weighted by atomic mass is 10.1. The quantitative estimate of drug-likeness (QED) is 0.607. The van der Waals surface area contributed by atoms with E-state index >= 15 is 0 Å². The Morgan fingerprint density at radius 2 is 2.21 bits per heavy atom. The van der Waals surface area contributed by atoms with Gasteiger partial charge in [-0.25, -0.2) is 13.4 Å². The molecule has 0 N–H and O–H groups in total. The third-order valence-corrected chi connectivity index (χ3v) is 4.07. The first-order valence-electron chi connectivity index (χ1n) is 5.53. The molecule has 1 saturated heterocycles. The first-order valence-corrected chi connectivity index (χ1v) is 8.01. The molecule has 0 aliphatic carbocycles. The Labute approximate surface area is 114 Å². The largest absolute Gasteiger partial charge is 0.298 e. The van der Waals surface area contributed by atoms with Crippen LogP contribution in [0.25, 0.3) is 0 Å². The second-order valence-electron chi connectivity index (χ2n) is 4.35. The van der Waals surface area contributed by atoms with Crippen LogP contribution in [0.15, 0.2) is 18.3 Å². The molecule has 8 heteroatoms. The molecule has 1 amide bonds. The van der Waals surface area contributed by atoms with Gasteiger partial charge in [0.1, 0.15) is 5.82 Å². The number of halogens is 1. The Kier molecular flexibility index (Phi) is 3.86. The summed E-state index contributed by atoms with van der Waals surface area (Å²) in [5.74, 6) is -0.354. The summed E-state index contributed by atoms with van der Waals surface area (Å²) in [6, 6.07) is 3.10. The van der Waals surface area contributed by atoms with Crippen molar-refractivity contribution in [3.05, 3.63) is 23.9 Å². The molecule has 0 bridgehead atoms. The summed E-state index contributed by atoms with van der Waals surface area (Å²) < 4.78 is 22.0. The van der Waals surface area contributed by atoms with Gasteiger partial charge in [0.05, 0.1) is 5.75 Å². The van der Waals surface area contributed by atoms with Crippen molar-refractivity contribution < 1.29 is 18.0 Å². The fraction of sp³-hybridized carbons (Fsp3) is 0.364. The maximum absolute atomic E-state index is 11.8. The molecule has 1 aliphatic heterocycles. The average Bonchev–Trinajstić information content (AvgIpc) is 2.68. The van der Waals surface area contributed by atoms with Gasteiger partial charge in [0.2, 0.25) is 15.0 Å². The van der Waals surface area contributed by atoms with Crippen LogP contribution in [0.2, 0.25) is 0 Å². The fourth-order valence-electron chi connectivity index (χ4n) is 2.02. The maximum atomic E-state index is 11.8. The van der Waals surface area contributed by atoms with E-state index in [-0.39, 0.29) is 30.5 Å². The van der Waals surface area contributed by atoms with Gasteiger partial charge >= 0.3 is 0 Å². The van der Waals surface area contributed by atoms with E-state index in [4.69, 9.17) is 10.7 Å². The number of hydrogen-bond acceptors (Lipinski definition) is 5. The smallest absolute Gasteiger partial charge is 0.232 e. The fourth-order valence-corrected chi connectivity index (χ4v) is 3.34. The minimum atomic E-state index is -3.62. The van der Waals surface area contributed by atoms with Crippen molar-refractivity contribution in [2.75, 3.05) is 17.2 Å². The van der Waals surface area contributed by atoms with Crippen molar-refractivity contribution >= 4 is 37.7 Å². The zero-order valence-corrected chi connectivity index (χ0v) is 11.4. The first-order chi connectivity index (χ1) is 8.89. The van der Waals surface area contributed by atoms with E-state index in [0.717, 1.165) is 0 Å². The van der Waals surface area contributed by atoms with Gasteiger partial charge in [-0.05, 0) is 12.1 Å². The van der Waals surface area contributed by atoms with Gasteiger partial charge < -0.3 is 0 Å². The van der Waals surface area contributed by atoms with Gasteiger partial charge in [0.15, 0.2) is 6.29 Å². The van der Waals surface area contributed by atoms with E-state index in [1.165, 1.54) is 11.1 Å². The number of hydrogen-bond donors (Lipinski definition) is 0. The highest BCUT2D eigenvalue weighted by atomic mass is 35.7. The number of aromatic nitrogens is 1. The number of aldehydes is 1. The van der Waals surface area contributed by atoms with Gasteiger partial charge in [-0.15, -0.1) is 0 Å². The highest BCUT2D eigenvalue weighted by Crippen LogP contribution is 2.25. The van der Waals surface area contributed by atoms with Crippen LogP contribution >= 0.6 is 10.7 Å². The molecule has 6 nitrogen and oxygen atoms in total. The second-order valence-corrected chi connectivity index (χ2v) is 7.17. The van der Waals surface area contributed by atoms with E-state index < -0.39 is 9.05 Å². The minimum Gasteiger partial charge on any atom is -0.298 e. The summed E-state index contributed by atoms with van der Waals surface area (Å²) in [5.41, 5.74) is 0.412. The summed E-state index contributed by atoms with van der Waals surface area (Å²) >= 11 is 0. The molecule has 0 spiro atoms. The molecule has 0 radical (unpaired) electrons. The molecule has 0 saturated carbocycles. The zero-order chi connectivity index (χ0) is 14.0. The standard InChI is InChI=1S/C11H11ClN2O4S/c12-19(17,18)7-9-3-11(16)14(5-9)10-2-1-8(6-15)4-13-10/h1-2,4,6,9H,3,5,7H2. The van der Waals surface area contributed by atoms with Crippen LogP contribution in [-0.2, 0) is 13.8 Å².